The highest BCUT2D eigenvalue weighted by atomic mass is 16.5. The molecule has 3 rings (SSSR count). The molecule has 0 saturated carbocycles. The molecule has 3 aromatic rings. The van der Waals surface area contributed by atoms with Crippen LogP contribution in [0.4, 0.5) is 5.82 Å². The van der Waals surface area contributed by atoms with Crippen LogP contribution in [0.3, 0.4) is 0 Å². The molecular formula is C17H19N3O. The second-order valence-corrected chi connectivity index (χ2v) is 5.37. The van der Waals surface area contributed by atoms with Gasteiger partial charge in [-0.25, -0.2) is 4.98 Å². The van der Waals surface area contributed by atoms with Crippen LogP contribution in [0.5, 0.6) is 5.75 Å². The van der Waals surface area contributed by atoms with E-state index in [1.54, 1.807) is 7.11 Å². The molecule has 4 nitrogen and oxygen atoms in total. The number of pyridine rings is 1. The van der Waals surface area contributed by atoms with Gasteiger partial charge in [0.25, 0.3) is 0 Å². The van der Waals surface area contributed by atoms with Crippen molar-refractivity contribution in [2.75, 3.05) is 12.8 Å². The number of aryl methyl sites for hydroxylation is 3. The average Bonchev–Trinajstić information content (AvgIpc) is 2.80. The van der Waals surface area contributed by atoms with Crippen LogP contribution in [-0.4, -0.2) is 16.5 Å². The molecule has 0 atom stereocenters. The van der Waals surface area contributed by atoms with Crippen LogP contribution in [0.1, 0.15) is 16.7 Å². The summed E-state index contributed by atoms with van der Waals surface area (Å²) in [5, 5.41) is 0. The van der Waals surface area contributed by atoms with Gasteiger partial charge in [-0.15, -0.1) is 0 Å². The Morgan fingerprint density at radius 1 is 1.10 bits per heavy atom. The van der Waals surface area contributed by atoms with Gasteiger partial charge < -0.3 is 10.5 Å². The molecule has 0 saturated heterocycles. The SMILES string of the molecule is COc1cccn2c(N)c(-c3cc(C)c(C)cc3C)nc12. The van der Waals surface area contributed by atoms with Gasteiger partial charge in [-0.05, 0) is 55.7 Å². The Bertz CT molecular complexity index is 834. The fourth-order valence-electron chi connectivity index (χ4n) is 2.63. The first-order valence-electron chi connectivity index (χ1n) is 6.91. The lowest BCUT2D eigenvalue weighted by Gasteiger charge is -2.08. The molecule has 0 radical (unpaired) electrons. The van der Waals surface area contributed by atoms with Crippen molar-refractivity contribution < 1.29 is 4.74 Å². The van der Waals surface area contributed by atoms with E-state index in [-0.39, 0.29) is 0 Å². The molecule has 0 unspecified atom stereocenters. The van der Waals surface area contributed by atoms with E-state index in [1.807, 2.05) is 22.7 Å². The Morgan fingerprint density at radius 3 is 2.52 bits per heavy atom. The minimum absolute atomic E-state index is 0.634. The number of fused-ring (bicyclic) bond motifs is 1. The number of hydrogen-bond donors (Lipinski definition) is 1. The van der Waals surface area contributed by atoms with Crippen molar-refractivity contribution in [3.8, 4) is 17.0 Å². The summed E-state index contributed by atoms with van der Waals surface area (Å²) in [6.45, 7) is 6.30. The Labute approximate surface area is 124 Å². The Kier molecular flexibility index (Phi) is 3.09. The molecule has 0 spiro atoms. The van der Waals surface area contributed by atoms with Crippen molar-refractivity contribution >= 4 is 11.5 Å². The number of nitrogen functional groups attached to an aromatic ring is 1. The van der Waals surface area contributed by atoms with Crippen LogP contribution in [0, 0.1) is 20.8 Å². The van der Waals surface area contributed by atoms with E-state index in [2.05, 4.69) is 32.9 Å². The van der Waals surface area contributed by atoms with Crippen LogP contribution in [0.25, 0.3) is 16.9 Å². The molecule has 0 bridgehead atoms. The maximum atomic E-state index is 6.30. The number of imidazole rings is 1. The molecule has 0 amide bonds. The van der Waals surface area contributed by atoms with Gasteiger partial charge in [0.2, 0.25) is 0 Å². The largest absolute Gasteiger partial charge is 0.493 e. The first-order chi connectivity index (χ1) is 10.0. The monoisotopic (exact) mass is 281 g/mol. The predicted molar refractivity (Wildman–Crippen MR) is 85.8 cm³/mol. The molecule has 0 fully saturated rings. The van der Waals surface area contributed by atoms with Crippen LogP contribution in [0.15, 0.2) is 30.5 Å². The maximum Gasteiger partial charge on any atom is 0.181 e. The van der Waals surface area contributed by atoms with Gasteiger partial charge in [-0.1, -0.05) is 6.07 Å². The van der Waals surface area contributed by atoms with Crippen LogP contribution < -0.4 is 10.5 Å². The molecule has 0 aliphatic heterocycles. The second kappa shape index (κ2) is 4.81. The molecule has 2 N–H and O–H groups in total. The van der Waals surface area contributed by atoms with Crippen molar-refractivity contribution in [3.05, 3.63) is 47.2 Å². The highest BCUT2D eigenvalue weighted by Gasteiger charge is 2.16. The highest BCUT2D eigenvalue weighted by molar-refractivity contribution is 5.79. The van der Waals surface area contributed by atoms with Crippen LogP contribution in [0.2, 0.25) is 0 Å². The van der Waals surface area contributed by atoms with E-state index in [9.17, 15) is 0 Å². The smallest absolute Gasteiger partial charge is 0.181 e. The fraction of sp³-hybridized carbons (Fsp3) is 0.235. The van der Waals surface area contributed by atoms with E-state index in [0.29, 0.717) is 5.82 Å². The third kappa shape index (κ3) is 2.03. The molecule has 21 heavy (non-hydrogen) atoms. The van der Waals surface area contributed by atoms with Crippen molar-refractivity contribution in [2.45, 2.75) is 20.8 Å². The topological polar surface area (TPSA) is 52.5 Å². The normalized spacial score (nSPS) is 11.0. The molecule has 108 valence electrons. The number of hydrogen-bond acceptors (Lipinski definition) is 3. The van der Waals surface area contributed by atoms with E-state index in [1.165, 1.54) is 16.7 Å². The van der Waals surface area contributed by atoms with E-state index in [4.69, 9.17) is 15.5 Å². The number of ether oxygens (including phenoxy) is 1. The summed E-state index contributed by atoms with van der Waals surface area (Å²) in [6.07, 6.45) is 1.90. The lowest BCUT2D eigenvalue weighted by atomic mass is 9.99. The number of rotatable bonds is 2. The zero-order valence-electron chi connectivity index (χ0n) is 12.8. The van der Waals surface area contributed by atoms with Gasteiger partial charge in [-0.3, -0.25) is 4.40 Å². The Morgan fingerprint density at radius 2 is 1.81 bits per heavy atom. The summed E-state index contributed by atoms with van der Waals surface area (Å²) in [5.74, 6) is 1.35. The van der Waals surface area contributed by atoms with Gasteiger partial charge in [0, 0.05) is 11.8 Å². The Balaban J connectivity index is 2.31. The summed E-state index contributed by atoms with van der Waals surface area (Å²) in [6, 6.07) is 8.11. The molecular weight excluding hydrogens is 262 g/mol. The zero-order valence-corrected chi connectivity index (χ0v) is 12.8. The molecule has 0 aliphatic carbocycles. The summed E-state index contributed by atoms with van der Waals surface area (Å²) in [7, 11) is 1.64. The van der Waals surface area contributed by atoms with Crippen molar-refractivity contribution in [2.24, 2.45) is 0 Å². The number of methoxy groups -OCH3 is 1. The third-order valence-corrected chi connectivity index (χ3v) is 3.97. The summed E-state index contributed by atoms with van der Waals surface area (Å²) < 4.78 is 7.23. The first kappa shape index (κ1) is 13.5. The number of anilines is 1. The Hall–Kier alpha value is -2.49. The van der Waals surface area contributed by atoms with Gasteiger partial charge in [0.15, 0.2) is 11.4 Å². The lowest BCUT2D eigenvalue weighted by molar-refractivity contribution is 0.417. The van der Waals surface area contributed by atoms with Gasteiger partial charge in [-0.2, -0.15) is 0 Å². The highest BCUT2D eigenvalue weighted by Crippen LogP contribution is 2.33. The number of aromatic nitrogens is 2. The van der Waals surface area contributed by atoms with E-state index in [0.717, 1.165) is 22.7 Å². The van der Waals surface area contributed by atoms with E-state index < -0.39 is 0 Å². The molecule has 4 heteroatoms. The minimum Gasteiger partial charge on any atom is -0.493 e. The molecule has 1 aromatic carbocycles. The van der Waals surface area contributed by atoms with Crippen LogP contribution in [-0.2, 0) is 0 Å². The summed E-state index contributed by atoms with van der Waals surface area (Å²) >= 11 is 0. The maximum absolute atomic E-state index is 6.30. The van der Waals surface area contributed by atoms with Crippen molar-refractivity contribution in [3.63, 3.8) is 0 Å². The number of nitrogens with zero attached hydrogens (tertiary/aromatic N) is 2. The predicted octanol–water partition coefficient (Wildman–Crippen LogP) is 3.52. The fourth-order valence-corrected chi connectivity index (χ4v) is 2.63. The van der Waals surface area contributed by atoms with Crippen molar-refractivity contribution in [1.82, 2.24) is 9.38 Å². The summed E-state index contributed by atoms with van der Waals surface area (Å²) in [4.78, 5) is 4.70. The average molecular weight is 281 g/mol. The minimum atomic E-state index is 0.634. The lowest BCUT2D eigenvalue weighted by Crippen LogP contribution is -1.96. The summed E-state index contributed by atoms with van der Waals surface area (Å²) in [5.41, 5.74) is 12.6. The standard InChI is InChI=1S/C17H19N3O/c1-10-8-12(3)13(9-11(10)2)15-16(18)20-7-5-6-14(21-4)17(20)19-15/h5-9H,18H2,1-4H3. The zero-order chi connectivity index (χ0) is 15.1. The third-order valence-electron chi connectivity index (χ3n) is 3.97. The molecule has 0 aliphatic rings. The number of benzene rings is 1. The van der Waals surface area contributed by atoms with Gasteiger partial charge >= 0.3 is 0 Å². The quantitative estimate of drug-likeness (QED) is 0.782. The van der Waals surface area contributed by atoms with Gasteiger partial charge in [0.05, 0.1) is 7.11 Å². The van der Waals surface area contributed by atoms with Gasteiger partial charge in [0.1, 0.15) is 11.5 Å². The second-order valence-electron chi connectivity index (χ2n) is 5.37. The van der Waals surface area contributed by atoms with Crippen LogP contribution >= 0.6 is 0 Å². The van der Waals surface area contributed by atoms with E-state index >= 15 is 0 Å². The number of nitrogens with two attached hydrogens (primary N) is 1. The van der Waals surface area contributed by atoms with Crippen molar-refractivity contribution in [1.29, 1.82) is 0 Å². The first-order valence-corrected chi connectivity index (χ1v) is 6.91. The molecule has 2 heterocycles. The molecule has 2 aromatic heterocycles.